The van der Waals surface area contributed by atoms with Gasteiger partial charge in [0.15, 0.2) is 0 Å². The Hall–Kier alpha value is -2.54. The van der Waals surface area contributed by atoms with Gasteiger partial charge in [0, 0.05) is 0 Å². The standard InChI is InChI=1S/C21H28N2O4S/c1-15-11-16(2)13-19(12-15)27-10-9-22-20(24)14-23(28(5,25)26)21-17(3)7-6-8-18(21)4/h6-8,11-13H,9-10,14H2,1-5H3,(H,22,24). The fourth-order valence-corrected chi connectivity index (χ4v) is 4.09. The summed E-state index contributed by atoms with van der Waals surface area (Å²) in [5, 5.41) is 2.72. The molecule has 0 radical (unpaired) electrons. The van der Waals surface area contributed by atoms with Crippen LogP contribution in [0.25, 0.3) is 0 Å². The minimum absolute atomic E-state index is 0.270. The van der Waals surface area contributed by atoms with Crippen LogP contribution in [0.4, 0.5) is 5.69 Å². The SMILES string of the molecule is Cc1cc(C)cc(OCCNC(=O)CN(c2c(C)cccc2C)S(C)(=O)=O)c1. The number of anilines is 1. The van der Waals surface area contributed by atoms with Crippen LogP contribution >= 0.6 is 0 Å². The smallest absolute Gasteiger partial charge is 0.240 e. The number of benzene rings is 2. The number of aryl methyl sites for hydroxylation is 4. The number of carbonyl (C=O) groups is 1. The molecule has 0 heterocycles. The van der Waals surface area contributed by atoms with E-state index in [1.807, 2.05) is 58.0 Å². The highest BCUT2D eigenvalue weighted by atomic mass is 32.2. The van der Waals surface area contributed by atoms with Crippen LogP contribution < -0.4 is 14.4 Å². The van der Waals surface area contributed by atoms with Crippen molar-refractivity contribution in [3.8, 4) is 5.75 Å². The number of hydrogen-bond donors (Lipinski definition) is 1. The van der Waals surface area contributed by atoms with E-state index in [-0.39, 0.29) is 19.0 Å². The first kappa shape index (κ1) is 21.8. The summed E-state index contributed by atoms with van der Waals surface area (Å²) in [5.41, 5.74) is 4.37. The van der Waals surface area contributed by atoms with Gasteiger partial charge in [0.25, 0.3) is 0 Å². The number of rotatable bonds is 8. The molecule has 152 valence electrons. The van der Waals surface area contributed by atoms with Crippen LogP contribution in [0.2, 0.25) is 0 Å². The molecule has 7 heteroatoms. The Balaban J connectivity index is 1.97. The van der Waals surface area contributed by atoms with Crippen molar-refractivity contribution < 1.29 is 17.9 Å². The van der Waals surface area contributed by atoms with Crippen molar-refractivity contribution in [1.82, 2.24) is 5.32 Å². The van der Waals surface area contributed by atoms with Gasteiger partial charge in [-0.2, -0.15) is 0 Å². The van der Waals surface area contributed by atoms with Crippen LogP contribution in [0.15, 0.2) is 36.4 Å². The van der Waals surface area contributed by atoms with Gasteiger partial charge in [-0.25, -0.2) is 8.42 Å². The molecule has 0 fully saturated rings. The molecule has 0 aliphatic heterocycles. The average molecular weight is 405 g/mol. The fourth-order valence-electron chi connectivity index (χ4n) is 3.12. The van der Waals surface area contributed by atoms with E-state index < -0.39 is 10.0 Å². The van der Waals surface area contributed by atoms with Gasteiger partial charge in [-0.1, -0.05) is 24.3 Å². The zero-order valence-corrected chi connectivity index (χ0v) is 17.9. The maximum Gasteiger partial charge on any atom is 0.240 e. The molecule has 0 saturated carbocycles. The van der Waals surface area contributed by atoms with Crippen molar-refractivity contribution in [3.05, 3.63) is 58.7 Å². The van der Waals surface area contributed by atoms with Gasteiger partial charge >= 0.3 is 0 Å². The first-order valence-electron chi connectivity index (χ1n) is 9.09. The molecular formula is C21H28N2O4S. The molecule has 28 heavy (non-hydrogen) atoms. The van der Waals surface area contributed by atoms with Crippen LogP contribution in [0.5, 0.6) is 5.75 Å². The summed E-state index contributed by atoms with van der Waals surface area (Å²) in [6, 6.07) is 11.4. The monoisotopic (exact) mass is 404 g/mol. The second kappa shape index (κ2) is 9.10. The zero-order valence-electron chi connectivity index (χ0n) is 17.1. The van der Waals surface area contributed by atoms with E-state index >= 15 is 0 Å². The third kappa shape index (κ3) is 5.99. The lowest BCUT2D eigenvalue weighted by Gasteiger charge is -2.25. The number of nitrogens with one attached hydrogen (secondary N) is 1. The maximum atomic E-state index is 12.3. The van der Waals surface area contributed by atoms with Gasteiger partial charge in [0.2, 0.25) is 15.9 Å². The highest BCUT2D eigenvalue weighted by Crippen LogP contribution is 2.26. The van der Waals surface area contributed by atoms with Gasteiger partial charge in [0.1, 0.15) is 18.9 Å². The normalized spacial score (nSPS) is 11.2. The van der Waals surface area contributed by atoms with Crippen molar-refractivity contribution in [2.75, 3.05) is 30.3 Å². The molecule has 0 saturated heterocycles. The van der Waals surface area contributed by atoms with Crippen molar-refractivity contribution in [3.63, 3.8) is 0 Å². The molecule has 0 unspecified atom stereocenters. The Morgan fingerprint density at radius 2 is 1.61 bits per heavy atom. The lowest BCUT2D eigenvalue weighted by molar-refractivity contribution is -0.119. The average Bonchev–Trinajstić information content (AvgIpc) is 2.56. The van der Waals surface area contributed by atoms with Gasteiger partial charge in [-0.05, 0) is 62.1 Å². The lowest BCUT2D eigenvalue weighted by atomic mass is 10.1. The van der Waals surface area contributed by atoms with Crippen molar-refractivity contribution in [1.29, 1.82) is 0 Å². The maximum absolute atomic E-state index is 12.3. The summed E-state index contributed by atoms with van der Waals surface area (Å²) in [6.07, 6.45) is 1.11. The van der Waals surface area contributed by atoms with E-state index in [1.54, 1.807) is 0 Å². The molecular weight excluding hydrogens is 376 g/mol. The molecule has 1 N–H and O–H groups in total. The van der Waals surface area contributed by atoms with Gasteiger partial charge < -0.3 is 10.1 Å². The molecule has 2 aromatic rings. The number of para-hydroxylation sites is 1. The van der Waals surface area contributed by atoms with Crippen LogP contribution in [-0.2, 0) is 14.8 Å². The molecule has 0 atom stereocenters. The first-order chi connectivity index (χ1) is 13.1. The van der Waals surface area contributed by atoms with Crippen LogP contribution in [0.1, 0.15) is 22.3 Å². The minimum atomic E-state index is -3.60. The Morgan fingerprint density at radius 1 is 1.04 bits per heavy atom. The summed E-state index contributed by atoms with van der Waals surface area (Å²) in [5.74, 6) is 0.372. The summed E-state index contributed by atoms with van der Waals surface area (Å²) >= 11 is 0. The van der Waals surface area contributed by atoms with Crippen molar-refractivity contribution >= 4 is 21.6 Å². The zero-order chi connectivity index (χ0) is 20.9. The predicted molar refractivity (Wildman–Crippen MR) is 113 cm³/mol. The summed E-state index contributed by atoms with van der Waals surface area (Å²) < 4.78 is 31.4. The van der Waals surface area contributed by atoms with E-state index in [0.29, 0.717) is 12.3 Å². The Bertz CT molecular complexity index is 914. The Kier molecular flexibility index (Phi) is 7.07. The highest BCUT2D eigenvalue weighted by Gasteiger charge is 2.23. The highest BCUT2D eigenvalue weighted by molar-refractivity contribution is 7.92. The molecule has 0 aliphatic carbocycles. The number of hydrogen-bond acceptors (Lipinski definition) is 4. The Labute approximate surface area is 167 Å². The summed E-state index contributed by atoms with van der Waals surface area (Å²) in [4.78, 5) is 12.3. The molecule has 2 aromatic carbocycles. The molecule has 0 aromatic heterocycles. The van der Waals surface area contributed by atoms with Crippen LogP contribution in [0, 0.1) is 27.7 Å². The van der Waals surface area contributed by atoms with E-state index in [4.69, 9.17) is 4.74 Å². The second-order valence-electron chi connectivity index (χ2n) is 7.03. The number of ether oxygens (including phenoxy) is 1. The van der Waals surface area contributed by atoms with Gasteiger partial charge in [-0.15, -0.1) is 0 Å². The van der Waals surface area contributed by atoms with Crippen LogP contribution in [0.3, 0.4) is 0 Å². The third-order valence-electron chi connectivity index (χ3n) is 4.26. The van der Waals surface area contributed by atoms with E-state index in [9.17, 15) is 13.2 Å². The molecule has 0 bridgehead atoms. The number of amides is 1. The number of carbonyl (C=O) groups excluding carboxylic acids is 1. The van der Waals surface area contributed by atoms with Gasteiger partial charge in [-0.3, -0.25) is 9.10 Å². The van der Waals surface area contributed by atoms with Gasteiger partial charge in [0.05, 0.1) is 18.5 Å². The fraction of sp³-hybridized carbons (Fsp3) is 0.381. The quantitative estimate of drug-likeness (QED) is 0.687. The van der Waals surface area contributed by atoms with Crippen LogP contribution in [-0.4, -0.2) is 40.3 Å². The molecule has 2 rings (SSSR count). The summed E-state index contributed by atoms with van der Waals surface area (Å²) in [6.45, 7) is 7.97. The largest absolute Gasteiger partial charge is 0.492 e. The summed E-state index contributed by atoms with van der Waals surface area (Å²) in [7, 11) is -3.60. The van der Waals surface area contributed by atoms with E-state index in [0.717, 1.165) is 38.6 Å². The third-order valence-corrected chi connectivity index (χ3v) is 5.38. The number of nitrogens with zero attached hydrogens (tertiary/aromatic N) is 1. The van der Waals surface area contributed by atoms with E-state index in [2.05, 4.69) is 11.4 Å². The Morgan fingerprint density at radius 3 is 2.14 bits per heavy atom. The minimum Gasteiger partial charge on any atom is -0.492 e. The molecule has 0 aliphatic rings. The van der Waals surface area contributed by atoms with Crippen molar-refractivity contribution in [2.45, 2.75) is 27.7 Å². The molecule has 0 spiro atoms. The molecule has 6 nitrogen and oxygen atoms in total. The molecule has 1 amide bonds. The first-order valence-corrected chi connectivity index (χ1v) is 10.9. The topological polar surface area (TPSA) is 75.7 Å². The predicted octanol–water partition coefficient (Wildman–Crippen LogP) is 2.88. The van der Waals surface area contributed by atoms with E-state index in [1.165, 1.54) is 0 Å². The van der Waals surface area contributed by atoms with Crippen molar-refractivity contribution in [2.24, 2.45) is 0 Å². The lowest BCUT2D eigenvalue weighted by Crippen LogP contribution is -2.42. The number of sulfonamides is 1. The second-order valence-corrected chi connectivity index (χ2v) is 8.94.